The van der Waals surface area contributed by atoms with Crippen molar-refractivity contribution in [3.63, 3.8) is 0 Å². The quantitative estimate of drug-likeness (QED) is 0.616. The molecule has 2 N–H and O–H groups in total. The van der Waals surface area contributed by atoms with Crippen LogP contribution < -0.4 is 5.73 Å². The van der Waals surface area contributed by atoms with E-state index in [0.717, 1.165) is 31.2 Å². The minimum absolute atomic E-state index is 0. The maximum absolute atomic E-state index is 6.36. The zero-order chi connectivity index (χ0) is 18.1. The van der Waals surface area contributed by atoms with Gasteiger partial charge in [0.2, 0.25) is 5.89 Å². The molecule has 0 spiro atoms. The predicted molar refractivity (Wildman–Crippen MR) is 105 cm³/mol. The first-order valence-electron chi connectivity index (χ1n) is 8.56. The Morgan fingerprint density at radius 2 is 1.85 bits per heavy atom. The van der Waals surface area contributed by atoms with Gasteiger partial charge in [0.25, 0.3) is 0 Å². The monoisotopic (exact) mass is 428 g/mol. The van der Waals surface area contributed by atoms with E-state index >= 15 is 0 Å². The van der Waals surface area contributed by atoms with Crippen molar-refractivity contribution in [2.45, 2.75) is 44.1 Å². The van der Waals surface area contributed by atoms with Gasteiger partial charge >= 0.3 is 0 Å². The van der Waals surface area contributed by atoms with Crippen molar-refractivity contribution in [3.05, 3.63) is 52.0 Å². The summed E-state index contributed by atoms with van der Waals surface area (Å²) in [5.74, 6) is 2.32. The lowest BCUT2D eigenvalue weighted by Gasteiger charge is -2.17. The van der Waals surface area contributed by atoms with E-state index in [1.807, 2.05) is 6.07 Å². The van der Waals surface area contributed by atoms with Crippen LogP contribution in [0.15, 0.2) is 33.3 Å². The maximum Gasteiger partial charge on any atom is 0.227 e. The van der Waals surface area contributed by atoms with Crippen LogP contribution >= 0.6 is 35.6 Å². The molecule has 0 amide bonds. The van der Waals surface area contributed by atoms with E-state index in [9.17, 15) is 0 Å². The fourth-order valence-electron chi connectivity index (χ4n) is 3.24. The van der Waals surface area contributed by atoms with Gasteiger partial charge in [0.1, 0.15) is 0 Å². The summed E-state index contributed by atoms with van der Waals surface area (Å²) in [5.41, 5.74) is 6.67. The van der Waals surface area contributed by atoms with E-state index in [2.05, 4.69) is 15.1 Å². The number of rotatable bonds is 5. The number of aromatic nitrogens is 3. The SMILES string of the molecule is Cl.NC1(c2noc(CCc3ncc(-c4ccc(Cl)cc4Cl)o3)n2)CCCC1. The summed E-state index contributed by atoms with van der Waals surface area (Å²) in [7, 11) is 0. The number of aryl methyl sites for hydroxylation is 2. The third-order valence-corrected chi connectivity index (χ3v) is 5.26. The number of nitrogens with zero attached hydrogens (tertiary/aromatic N) is 3. The van der Waals surface area contributed by atoms with Crippen molar-refractivity contribution < 1.29 is 8.94 Å². The summed E-state index contributed by atoms with van der Waals surface area (Å²) in [6.07, 6.45) is 6.74. The number of benzene rings is 1. The lowest BCUT2D eigenvalue weighted by Crippen LogP contribution is -2.34. The van der Waals surface area contributed by atoms with Crippen LogP contribution in [-0.4, -0.2) is 15.1 Å². The van der Waals surface area contributed by atoms with E-state index in [-0.39, 0.29) is 12.4 Å². The molecule has 1 saturated carbocycles. The lowest BCUT2D eigenvalue weighted by atomic mass is 9.99. The standard InChI is InChI=1S/C18H18Cl2N4O2.ClH/c19-11-3-4-12(13(20)9-11)14-10-22-15(25-14)5-6-16-23-17(24-26-16)18(21)7-1-2-8-18;/h3-4,9-10H,1-2,5-8,21H2;1H. The summed E-state index contributed by atoms with van der Waals surface area (Å²) in [6.45, 7) is 0. The second kappa shape index (κ2) is 8.19. The summed E-state index contributed by atoms with van der Waals surface area (Å²) in [6, 6.07) is 5.24. The molecule has 27 heavy (non-hydrogen) atoms. The molecule has 0 atom stereocenters. The first kappa shape index (κ1) is 20.1. The highest BCUT2D eigenvalue weighted by molar-refractivity contribution is 6.36. The fourth-order valence-corrected chi connectivity index (χ4v) is 3.74. The van der Waals surface area contributed by atoms with Crippen LogP contribution in [0.3, 0.4) is 0 Å². The van der Waals surface area contributed by atoms with Crippen molar-refractivity contribution in [1.29, 1.82) is 0 Å². The predicted octanol–water partition coefficient (Wildman–Crippen LogP) is 4.97. The number of oxazole rings is 1. The van der Waals surface area contributed by atoms with Crippen LogP contribution in [0.4, 0.5) is 0 Å². The average Bonchev–Trinajstić information content (AvgIpc) is 3.34. The fraction of sp³-hybridized carbons (Fsp3) is 0.389. The molecule has 0 bridgehead atoms. The minimum atomic E-state index is -0.441. The number of nitrogens with two attached hydrogens (primary N) is 1. The summed E-state index contributed by atoms with van der Waals surface area (Å²) >= 11 is 12.1. The van der Waals surface area contributed by atoms with E-state index < -0.39 is 5.54 Å². The molecule has 3 aromatic rings. The maximum atomic E-state index is 6.36. The first-order chi connectivity index (χ1) is 12.5. The molecule has 2 aromatic heterocycles. The molecule has 2 heterocycles. The van der Waals surface area contributed by atoms with Gasteiger partial charge < -0.3 is 14.7 Å². The molecule has 0 unspecified atom stereocenters. The zero-order valence-corrected chi connectivity index (χ0v) is 16.8. The summed E-state index contributed by atoms with van der Waals surface area (Å²) in [5, 5.41) is 5.16. The van der Waals surface area contributed by atoms with Crippen LogP contribution in [0.25, 0.3) is 11.3 Å². The molecule has 9 heteroatoms. The third-order valence-electron chi connectivity index (χ3n) is 4.71. The van der Waals surface area contributed by atoms with E-state index in [4.69, 9.17) is 37.9 Å². The van der Waals surface area contributed by atoms with Gasteiger partial charge in [0, 0.05) is 23.4 Å². The molecule has 6 nitrogen and oxygen atoms in total. The molecule has 1 aliphatic carbocycles. The van der Waals surface area contributed by atoms with Gasteiger partial charge in [-0.1, -0.05) is 41.2 Å². The number of hydrogen-bond acceptors (Lipinski definition) is 6. The molecule has 0 radical (unpaired) electrons. The summed E-state index contributed by atoms with van der Waals surface area (Å²) < 4.78 is 11.1. The van der Waals surface area contributed by atoms with Gasteiger partial charge in [-0.3, -0.25) is 0 Å². The van der Waals surface area contributed by atoms with Crippen molar-refractivity contribution in [2.24, 2.45) is 5.73 Å². The Morgan fingerprint density at radius 3 is 2.59 bits per heavy atom. The molecule has 1 fully saturated rings. The van der Waals surface area contributed by atoms with Gasteiger partial charge in [-0.15, -0.1) is 12.4 Å². The third kappa shape index (κ3) is 4.29. The molecular formula is C18H19Cl3N4O2. The van der Waals surface area contributed by atoms with Crippen molar-refractivity contribution in [1.82, 2.24) is 15.1 Å². The molecule has 1 aromatic carbocycles. The van der Waals surface area contributed by atoms with E-state index in [1.165, 1.54) is 0 Å². The highest BCUT2D eigenvalue weighted by Crippen LogP contribution is 2.34. The highest BCUT2D eigenvalue weighted by atomic mass is 35.5. The van der Waals surface area contributed by atoms with Crippen molar-refractivity contribution >= 4 is 35.6 Å². The van der Waals surface area contributed by atoms with E-state index in [1.54, 1.807) is 18.3 Å². The molecule has 1 aliphatic rings. The second-order valence-electron chi connectivity index (χ2n) is 6.62. The molecule has 0 saturated heterocycles. The Hall–Kier alpha value is -1.60. The van der Waals surface area contributed by atoms with Crippen LogP contribution in [0.1, 0.15) is 43.3 Å². The largest absolute Gasteiger partial charge is 0.441 e. The van der Waals surface area contributed by atoms with Gasteiger partial charge in [-0.05, 0) is 31.0 Å². The molecular weight excluding hydrogens is 411 g/mol. The Morgan fingerprint density at radius 1 is 1.11 bits per heavy atom. The second-order valence-corrected chi connectivity index (χ2v) is 7.46. The Bertz CT molecular complexity index is 919. The highest BCUT2D eigenvalue weighted by Gasteiger charge is 2.35. The van der Waals surface area contributed by atoms with Crippen LogP contribution in [0, 0.1) is 0 Å². The summed E-state index contributed by atoms with van der Waals surface area (Å²) in [4.78, 5) is 8.76. The minimum Gasteiger partial charge on any atom is -0.441 e. The number of hydrogen-bond donors (Lipinski definition) is 1. The van der Waals surface area contributed by atoms with Gasteiger partial charge in [-0.25, -0.2) is 4.98 Å². The number of halogens is 3. The molecule has 0 aliphatic heterocycles. The average molecular weight is 430 g/mol. The van der Waals surface area contributed by atoms with Gasteiger partial charge in [-0.2, -0.15) is 4.98 Å². The smallest absolute Gasteiger partial charge is 0.227 e. The van der Waals surface area contributed by atoms with E-state index in [0.29, 0.717) is 46.3 Å². The molecule has 144 valence electrons. The zero-order valence-electron chi connectivity index (χ0n) is 14.5. The van der Waals surface area contributed by atoms with Crippen LogP contribution in [-0.2, 0) is 18.4 Å². The normalized spacial score (nSPS) is 15.7. The van der Waals surface area contributed by atoms with Gasteiger partial charge in [0.05, 0.1) is 16.8 Å². The topological polar surface area (TPSA) is 91.0 Å². The first-order valence-corrected chi connectivity index (χ1v) is 9.31. The van der Waals surface area contributed by atoms with Crippen molar-refractivity contribution in [3.8, 4) is 11.3 Å². The molecule has 4 rings (SSSR count). The Kier molecular flexibility index (Phi) is 6.11. The lowest BCUT2D eigenvalue weighted by molar-refractivity contribution is 0.346. The van der Waals surface area contributed by atoms with Crippen LogP contribution in [0.5, 0.6) is 0 Å². The van der Waals surface area contributed by atoms with Gasteiger partial charge in [0.15, 0.2) is 17.5 Å². The van der Waals surface area contributed by atoms with Crippen molar-refractivity contribution in [2.75, 3.05) is 0 Å². The van der Waals surface area contributed by atoms with Crippen LogP contribution in [0.2, 0.25) is 10.0 Å². The Balaban J connectivity index is 0.00000210. The Labute approximate surface area is 172 Å².